The number of ether oxygens (including phenoxy) is 3. The molecule has 0 fully saturated rings. The van der Waals surface area contributed by atoms with E-state index >= 15 is 0 Å². The fourth-order valence-corrected chi connectivity index (χ4v) is 0.695. The summed E-state index contributed by atoms with van der Waals surface area (Å²) in [6.45, 7) is 2.49. The zero-order valence-corrected chi connectivity index (χ0v) is 9.06. The van der Waals surface area contributed by atoms with Crippen LogP contribution in [0.4, 0.5) is 0 Å². The third kappa shape index (κ3) is 7.26. The summed E-state index contributed by atoms with van der Waals surface area (Å²) in [5, 5.41) is 17.8. The molecule has 0 aromatic carbocycles. The Kier molecular flexibility index (Phi) is 7.23. The predicted octanol–water partition coefficient (Wildman–Crippen LogP) is -0.498. The fraction of sp³-hybridized carbons (Fsp3) is 0.889. The number of rotatable bonds is 9. The molecule has 0 bridgehead atoms. The second-order valence-electron chi connectivity index (χ2n) is 3.24. The molecule has 1 atom stereocenters. The van der Waals surface area contributed by atoms with Crippen LogP contribution >= 0.6 is 0 Å². The van der Waals surface area contributed by atoms with Gasteiger partial charge in [0.1, 0.15) is 0 Å². The van der Waals surface area contributed by atoms with Gasteiger partial charge in [0.15, 0.2) is 5.60 Å². The lowest BCUT2D eigenvalue weighted by atomic mass is 10.1. The van der Waals surface area contributed by atoms with Gasteiger partial charge in [0.2, 0.25) is 0 Å². The van der Waals surface area contributed by atoms with E-state index in [1.54, 1.807) is 7.11 Å². The van der Waals surface area contributed by atoms with Gasteiger partial charge in [0.05, 0.1) is 33.0 Å². The van der Waals surface area contributed by atoms with Gasteiger partial charge in [-0.05, 0) is 6.92 Å². The van der Waals surface area contributed by atoms with Crippen molar-refractivity contribution in [3.63, 3.8) is 0 Å². The molecule has 90 valence electrons. The van der Waals surface area contributed by atoms with E-state index in [0.29, 0.717) is 19.8 Å². The molecule has 0 heterocycles. The maximum absolute atomic E-state index is 10.4. The molecule has 0 rings (SSSR count). The third-order valence-corrected chi connectivity index (χ3v) is 1.65. The van der Waals surface area contributed by atoms with Crippen molar-refractivity contribution in [2.24, 2.45) is 0 Å². The molecule has 1 unspecified atom stereocenters. The summed E-state index contributed by atoms with van der Waals surface area (Å²) in [6.07, 6.45) is 0. The summed E-state index contributed by atoms with van der Waals surface area (Å²) in [6, 6.07) is 0. The number of hydrogen-bond donors (Lipinski definition) is 2. The third-order valence-electron chi connectivity index (χ3n) is 1.65. The Morgan fingerprint density at radius 3 is 2.27 bits per heavy atom. The van der Waals surface area contributed by atoms with Crippen molar-refractivity contribution in [1.82, 2.24) is 0 Å². The Balaban J connectivity index is 3.35. The molecule has 0 aliphatic carbocycles. The topological polar surface area (TPSA) is 85.2 Å². The van der Waals surface area contributed by atoms with Gasteiger partial charge in [0, 0.05) is 7.11 Å². The number of methoxy groups -OCH3 is 1. The van der Waals surface area contributed by atoms with Gasteiger partial charge >= 0.3 is 5.97 Å². The molecule has 0 saturated carbocycles. The molecule has 0 aromatic heterocycles. The van der Waals surface area contributed by atoms with Crippen LogP contribution in [0.5, 0.6) is 0 Å². The first-order chi connectivity index (χ1) is 7.00. The van der Waals surface area contributed by atoms with Crippen LogP contribution in [0.2, 0.25) is 0 Å². The van der Waals surface area contributed by atoms with Gasteiger partial charge in [-0.1, -0.05) is 0 Å². The maximum atomic E-state index is 10.4. The summed E-state index contributed by atoms with van der Waals surface area (Å²) >= 11 is 0. The molecule has 0 aliphatic rings. The largest absolute Gasteiger partial charge is 0.479 e. The molecule has 15 heavy (non-hydrogen) atoms. The summed E-state index contributed by atoms with van der Waals surface area (Å²) in [5.74, 6) is -1.30. The van der Waals surface area contributed by atoms with Crippen LogP contribution in [0, 0.1) is 0 Å². The highest BCUT2D eigenvalue weighted by Gasteiger charge is 2.29. The van der Waals surface area contributed by atoms with E-state index < -0.39 is 11.6 Å². The standard InChI is InChI=1S/C9H18O6/c1-9(12,8(10)11)7-15-6-5-14-4-3-13-2/h12H,3-7H2,1-2H3,(H,10,11). The average Bonchev–Trinajstić information content (AvgIpc) is 2.16. The van der Waals surface area contributed by atoms with Crippen molar-refractivity contribution in [2.75, 3.05) is 40.1 Å². The summed E-state index contributed by atoms with van der Waals surface area (Å²) in [4.78, 5) is 10.4. The van der Waals surface area contributed by atoms with E-state index in [0.717, 1.165) is 0 Å². The van der Waals surface area contributed by atoms with Crippen LogP contribution in [-0.2, 0) is 19.0 Å². The molecule has 2 N–H and O–H groups in total. The number of hydrogen-bond acceptors (Lipinski definition) is 5. The van der Waals surface area contributed by atoms with Gasteiger partial charge in [-0.25, -0.2) is 4.79 Å². The lowest BCUT2D eigenvalue weighted by Gasteiger charge is -2.17. The van der Waals surface area contributed by atoms with Crippen LogP contribution in [0.15, 0.2) is 0 Å². The zero-order valence-electron chi connectivity index (χ0n) is 9.06. The highest BCUT2D eigenvalue weighted by Crippen LogP contribution is 2.03. The van der Waals surface area contributed by atoms with Gasteiger partial charge in [0.25, 0.3) is 0 Å². The second kappa shape index (κ2) is 7.58. The molecule has 0 amide bonds. The minimum absolute atomic E-state index is 0.243. The van der Waals surface area contributed by atoms with E-state index in [9.17, 15) is 9.90 Å². The number of carboxylic acid groups (broad SMARTS) is 1. The van der Waals surface area contributed by atoms with Crippen molar-refractivity contribution in [3.05, 3.63) is 0 Å². The first-order valence-corrected chi connectivity index (χ1v) is 4.61. The SMILES string of the molecule is COCCOCCOCC(C)(O)C(=O)O. The Labute approximate surface area is 88.7 Å². The summed E-state index contributed by atoms with van der Waals surface area (Å²) < 4.78 is 14.8. The van der Waals surface area contributed by atoms with E-state index in [-0.39, 0.29) is 13.2 Å². The fourth-order valence-electron chi connectivity index (χ4n) is 0.695. The van der Waals surface area contributed by atoms with Crippen LogP contribution in [-0.4, -0.2) is 61.9 Å². The van der Waals surface area contributed by atoms with Gasteiger partial charge in [-0.15, -0.1) is 0 Å². The summed E-state index contributed by atoms with van der Waals surface area (Å²) in [5.41, 5.74) is -1.84. The Morgan fingerprint density at radius 2 is 1.73 bits per heavy atom. The molecule has 0 aromatic rings. The van der Waals surface area contributed by atoms with Crippen molar-refractivity contribution in [1.29, 1.82) is 0 Å². The molecule has 0 aliphatic heterocycles. The Morgan fingerprint density at radius 1 is 1.20 bits per heavy atom. The smallest absolute Gasteiger partial charge is 0.337 e. The van der Waals surface area contributed by atoms with Crippen LogP contribution in [0.25, 0.3) is 0 Å². The first-order valence-electron chi connectivity index (χ1n) is 4.61. The van der Waals surface area contributed by atoms with E-state index in [2.05, 4.69) is 0 Å². The van der Waals surface area contributed by atoms with Gasteiger partial charge < -0.3 is 24.4 Å². The minimum atomic E-state index is -1.84. The molecule has 0 radical (unpaired) electrons. The van der Waals surface area contributed by atoms with E-state index in [4.69, 9.17) is 19.3 Å². The Bertz CT molecular complexity index is 179. The molecule has 0 spiro atoms. The van der Waals surface area contributed by atoms with Gasteiger partial charge in [-0.3, -0.25) is 0 Å². The van der Waals surface area contributed by atoms with E-state index in [1.165, 1.54) is 6.92 Å². The van der Waals surface area contributed by atoms with Gasteiger partial charge in [-0.2, -0.15) is 0 Å². The number of aliphatic hydroxyl groups is 1. The molecule has 6 heteroatoms. The molecular weight excluding hydrogens is 204 g/mol. The van der Waals surface area contributed by atoms with Crippen LogP contribution in [0.3, 0.4) is 0 Å². The van der Waals surface area contributed by atoms with Crippen molar-refractivity contribution in [3.8, 4) is 0 Å². The quantitative estimate of drug-likeness (QED) is 0.512. The highest BCUT2D eigenvalue weighted by molar-refractivity contribution is 5.76. The van der Waals surface area contributed by atoms with Crippen molar-refractivity contribution in [2.45, 2.75) is 12.5 Å². The monoisotopic (exact) mass is 222 g/mol. The second-order valence-corrected chi connectivity index (χ2v) is 3.24. The molecule has 0 saturated heterocycles. The number of aliphatic carboxylic acids is 1. The normalized spacial score (nSPS) is 14.9. The lowest BCUT2D eigenvalue weighted by molar-refractivity contribution is -0.163. The predicted molar refractivity (Wildman–Crippen MR) is 51.8 cm³/mol. The van der Waals surface area contributed by atoms with Crippen molar-refractivity contribution >= 4 is 5.97 Å². The molecule has 6 nitrogen and oxygen atoms in total. The van der Waals surface area contributed by atoms with Crippen LogP contribution in [0.1, 0.15) is 6.92 Å². The van der Waals surface area contributed by atoms with Crippen molar-refractivity contribution < 1.29 is 29.2 Å². The summed E-state index contributed by atoms with van der Waals surface area (Å²) in [7, 11) is 1.57. The zero-order chi connectivity index (χ0) is 11.7. The minimum Gasteiger partial charge on any atom is -0.479 e. The Hall–Kier alpha value is -0.690. The van der Waals surface area contributed by atoms with E-state index in [1.807, 2.05) is 0 Å². The number of carbonyl (C=O) groups is 1. The average molecular weight is 222 g/mol. The highest BCUT2D eigenvalue weighted by atomic mass is 16.5. The van der Waals surface area contributed by atoms with Crippen LogP contribution < -0.4 is 0 Å². The maximum Gasteiger partial charge on any atom is 0.337 e. The molecular formula is C9H18O6. The lowest BCUT2D eigenvalue weighted by Crippen LogP contribution is -2.40. The number of carboxylic acids is 1. The first kappa shape index (κ1) is 14.3.